The highest BCUT2D eigenvalue weighted by Gasteiger charge is 2.13. The molecule has 2 aromatic carbocycles. The van der Waals surface area contributed by atoms with E-state index in [9.17, 15) is 5.11 Å². The van der Waals surface area contributed by atoms with E-state index in [2.05, 4.69) is 15.3 Å². The number of benzene rings is 2. The molecular weight excluding hydrogens is 288 g/mol. The van der Waals surface area contributed by atoms with Gasteiger partial charge in [-0.15, -0.1) is 0 Å². The molecule has 0 amide bonds. The van der Waals surface area contributed by atoms with Crippen LogP contribution in [-0.2, 0) is 0 Å². The van der Waals surface area contributed by atoms with Crippen LogP contribution in [0.4, 0.5) is 5.69 Å². The predicted octanol–water partition coefficient (Wildman–Crippen LogP) is 2.89. The maximum atomic E-state index is 10.2. The zero-order valence-corrected chi connectivity index (χ0v) is 12.6. The average Bonchev–Trinajstić information content (AvgIpc) is 2.61. The third-order valence-electron chi connectivity index (χ3n) is 3.44. The first-order valence-corrected chi connectivity index (χ1v) is 7.44. The number of rotatable bonds is 5. The van der Waals surface area contributed by atoms with Gasteiger partial charge in [-0.3, -0.25) is 0 Å². The molecular formula is C18H18N4O. The Morgan fingerprint density at radius 3 is 2.48 bits per heavy atom. The Hall–Kier alpha value is -2.92. The van der Waals surface area contributed by atoms with Crippen LogP contribution in [0.25, 0.3) is 22.6 Å². The summed E-state index contributed by atoms with van der Waals surface area (Å²) in [4.78, 5) is 9.07. The fourth-order valence-electron chi connectivity index (χ4n) is 2.32. The van der Waals surface area contributed by atoms with Gasteiger partial charge in [0.05, 0.1) is 11.9 Å². The molecule has 1 aromatic heterocycles. The number of para-hydroxylation sites is 1. The number of phenols is 1. The summed E-state index contributed by atoms with van der Waals surface area (Å²) in [5.74, 6) is 0.795. The summed E-state index contributed by atoms with van der Waals surface area (Å²) in [6.45, 7) is 1.11. The number of anilines is 1. The second-order valence-electron chi connectivity index (χ2n) is 5.05. The summed E-state index contributed by atoms with van der Waals surface area (Å²) in [5.41, 5.74) is 8.55. The molecule has 0 atom stereocenters. The monoisotopic (exact) mass is 306 g/mol. The molecule has 0 aliphatic heterocycles. The molecule has 0 aliphatic carbocycles. The fraction of sp³-hybridized carbons (Fsp3) is 0.111. The largest absolute Gasteiger partial charge is 0.507 e. The van der Waals surface area contributed by atoms with Gasteiger partial charge in [-0.1, -0.05) is 42.5 Å². The molecule has 0 fully saturated rings. The molecule has 3 aromatic rings. The van der Waals surface area contributed by atoms with Crippen LogP contribution in [-0.4, -0.2) is 28.2 Å². The predicted molar refractivity (Wildman–Crippen MR) is 92.1 cm³/mol. The van der Waals surface area contributed by atoms with E-state index in [0.717, 1.165) is 11.3 Å². The van der Waals surface area contributed by atoms with Gasteiger partial charge in [0.2, 0.25) is 0 Å². The molecule has 116 valence electrons. The van der Waals surface area contributed by atoms with Gasteiger partial charge in [-0.05, 0) is 12.1 Å². The molecule has 0 bridgehead atoms. The second-order valence-corrected chi connectivity index (χ2v) is 5.05. The number of nitrogens with two attached hydrogens (primary N) is 1. The molecule has 0 aliphatic rings. The Morgan fingerprint density at radius 2 is 1.74 bits per heavy atom. The van der Waals surface area contributed by atoms with Gasteiger partial charge < -0.3 is 16.2 Å². The van der Waals surface area contributed by atoms with E-state index in [1.54, 1.807) is 18.3 Å². The highest BCUT2D eigenvalue weighted by Crippen LogP contribution is 2.33. The Morgan fingerprint density at radius 1 is 1.00 bits per heavy atom. The lowest BCUT2D eigenvalue weighted by atomic mass is 10.1. The van der Waals surface area contributed by atoms with Crippen molar-refractivity contribution in [2.24, 2.45) is 5.73 Å². The first-order chi connectivity index (χ1) is 11.3. The second kappa shape index (κ2) is 6.89. The van der Waals surface area contributed by atoms with Crippen molar-refractivity contribution in [1.29, 1.82) is 0 Å². The molecule has 0 saturated carbocycles. The SMILES string of the molecule is NCCNc1cnc(-c2ccccc2)nc1-c1ccccc1O. The summed E-state index contributed by atoms with van der Waals surface area (Å²) in [6.07, 6.45) is 1.73. The molecule has 5 heteroatoms. The van der Waals surface area contributed by atoms with Crippen LogP contribution in [0, 0.1) is 0 Å². The van der Waals surface area contributed by atoms with Crippen molar-refractivity contribution in [3.8, 4) is 28.4 Å². The molecule has 0 unspecified atom stereocenters. The highest BCUT2D eigenvalue weighted by molar-refractivity contribution is 5.79. The lowest BCUT2D eigenvalue weighted by molar-refractivity contribution is 0.477. The Kier molecular flexibility index (Phi) is 4.49. The standard InChI is InChI=1S/C18H18N4O/c19-10-11-20-15-12-21-18(13-6-2-1-3-7-13)22-17(15)14-8-4-5-9-16(14)23/h1-9,12,20,23H,10-11,19H2. The van der Waals surface area contributed by atoms with Gasteiger partial charge in [0.25, 0.3) is 0 Å². The van der Waals surface area contributed by atoms with Crippen LogP contribution in [0.2, 0.25) is 0 Å². The fourth-order valence-corrected chi connectivity index (χ4v) is 2.32. The van der Waals surface area contributed by atoms with Gasteiger partial charge in [0, 0.05) is 24.2 Å². The summed E-state index contributed by atoms with van der Waals surface area (Å²) in [7, 11) is 0. The van der Waals surface area contributed by atoms with Gasteiger partial charge in [-0.25, -0.2) is 9.97 Å². The molecule has 0 radical (unpaired) electrons. The minimum absolute atomic E-state index is 0.181. The van der Waals surface area contributed by atoms with Crippen molar-refractivity contribution < 1.29 is 5.11 Å². The molecule has 0 saturated heterocycles. The van der Waals surface area contributed by atoms with Gasteiger partial charge >= 0.3 is 0 Å². The van der Waals surface area contributed by atoms with Crippen LogP contribution in [0.5, 0.6) is 5.75 Å². The van der Waals surface area contributed by atoms with Crippen molar-refractivity contribution >= 4 is 5.69 Å². The summed E-state index contributed by atoms with van der Waals surface area (Å²) in [6, 6.07) is 16.9. The summed E-state index contributed by atoms with van der Waals surface area (Å²) in [5, 5.41) is 13.4. The first-order valence-electron chi connectivity index (χ1n) is 7.44. The van der Waals surface area contributed by atoms with Crippen LogP contribution >= 0.6 is 0 Å². The topological polar surface area (TPSA) is 84.1 Å². The maximum absolute atomic E-state index is 10.2. The van der Waals surface area contributed by atoms with E-state index in [1.165, 1.54) is 0 Å². The molecule has 1 heterocycles. The minimum atomic E-state index is 0.181. The van der Waals surface area contributed by atoms with Gasteiger partial charge in [0.15, 0.2) is 5.82 Å². The maximum Gasteiger partial charge on any atom is 0.159 e. The van der Waals surface area contributed by atoms with E-state index in [1.807, 2.05) is 42.5 Å². The van der Waals surface area contributed by atoms with E-state index in [-0.39, 0.29) is 5.75 Å². The lowest BCUT2D eigenvalue weighted by Gasteiger charge is -2.13. The number of hydrogen-bond acceptors (Lipinski definition) is 5. The van der Waals surface area contributed by atoms with Crippen molar-refractivity contribution in [3.05, 3.63) is 60.8 Å². The van der Waals surface area contributed by atoms with E-state index >= 15 is 0 Å². The Balaban J connectivity index is 2.11. The van der Waals surface area contributed by atoms with Gasteiger partial charge in [-0.2, -0.15) is 0 Å². The zero-order valence-electron chi connectivity index (χ0n) is 12.6. The average molecular weight is 306 g/mol. The van der Waals surface area contributed by atoms with Crippen molar-refractivity contribution in [2.45, 2.75) is 0 Å². The normalized spacial score (nSPS) is 10.5. The zero-order chi connectivity index (χ0) is 16.1. The molecule has 4 N–H and O–H groups in total. The van der Waals surface area contributed by atoms with Crippen LogP contribution in [0.15, 0.2) is 60.8 Å². The Bertz CT molecular complexity index is 790. The van der Waals surface area contributed by atoms with Crippen molar-refractivity contribution in [3.63, 3.8) is 0 Å². The molecule has 3 rings (SSSR count). The lowest BCUT2D eigenvalue weighted by Crippen LogP contribution is -2.14. The van der Waals surface area contributed by atoms with Crippen molar-refractivity contribution in [1.82, 2.24) is 9.97 Å². The summed E-state index contributed by atoms with van der Waals surface area (Å²) >= 11 is 0. The summed E-state index contributed by atoms with van der Waals surface area (Å²) < 4.78 is 0. The number of hydrogen-bond donors (Lipinski definition) is 3. The van der Waals surface area contributed by atoms with Crippen LogP contribution in [0.3, 0.4) is 0 Å². The quantitative estimate of drug-likeness (QED) is 0.675. The van der Waals surface area contributed by atoms with Crippen LogP contribution in [0.1, 0.15) is 0 Å². The number of aromatic nitrogens is 2. The smallest absolute Gasteiger partial charge is 0.159 e. The number of phenolic OH excluding ortho intramolecular Hbond substituents is 1. The van der Waals surface area contributed by atoms with E-state index < -0.39 is 0 Å². The highest BCUT2D eigenvalue weighted by atomic mass is 16.3. The molecule has 0 spiro atoms. The number of nitrogens with one attached hydrogen (secondary N) is 1. The van der Waals surface area contributed by atoms with Crippen LogP contribution < -0.4 is 11.1 Å². The molecule has 5 nitrogen and oxygen atoms in total. The van der Waals surface area contributed by atoms with Gasteiger partial charge in [0.1, 0.15) is 11.4 Å². The minimum Gasteiger partial charge on any atom is -0.507 e. The molecule has 23 heavy (non-hydrogen) atoms. The third kappa shape index (κ3) is 3.30. The number of aromatic hydroxyl groups is 1. The van der Waals surface area contributed by atoms with Crippen molar-refractivity contribution in [2.75, 3.05) is 18.4 Å². The Labute approximate surface area is 134 Å². The third-order valence-corrected chi connectivity index (χ3v) is 3.44. The number of nitrogens with zero attached hydrogens (tertiary/aromatic N) is 2. The first kappa shape index (κ1) is 15.0. The van der Waals surface area contributed by atoms with E-state index in [0.29, 0.717) is 30.2 Å². The van der Waals surface area contributed by atoms with E-state index in [4.69, 9.17) is 5.73 Å².